The maximum absolute atomic E-state index is 13.2. The van der Waals surface area contributed by atoms with Crippen LogP contribution in [0.15, 0.2) is 35.9 Å². The Hall–Kier alpha value is -1.49. The highest BCUT2D eigenvalue weighted by molar-refractivity contribution is 6.02. The average Bonchev–Trinajstić information content (AvgIpc) is 2.81. The molecule has 1 saturated heterocycles. The van der Waals surface area contributed by atoms with Crippen molar-refractivity contribution in [2.24, 2.45) is 23.7 Å². The fraction of sp³-hybridized carbons (Fsp3) is 0.710. The Bertz CT molecular complexity index is 874. The number of ketones is 1. The first-order valence-electron chi connectivity index (χ1n) is 14.0. The lowest BCUT2D eigenvalue weighted by Gasteiger charge is -2.56. The Kier molecular flexibility index (Phi) is 9.76. The Labute approximate surface area is 213 Å². The molecule has 3 unspecified atom stereocenters. The Morgan fingerprint density at radius 3 is 2.17 bits per heavy atom. The second kappa shape index (κ2) is 12.2. The number of Topliss-reactive ketones (excluding diaryl/α,β-unsaturated/α-hetero) is 1. The van der Waals surface area contributed by atoms with E-state index in [2.05, 4.69) is 40.7 Å². The molecule has 1 aromatic rings. The van der Waals surface area contributed by atoms with Gasteiger partial charge in [-0.25, -0.2) is 4.89 Å². The normalized spacial score (nSPS) is 27.8. The van der Waals surface area contributed by atoms with Gasteiger partial charge in [0.05, 0.1) is 5.92 Å². The minimum atomic E-state index is -1.56. The summed E-state index contributed by atoms with van der Waals surface area (Å²) in [6.07, 6.45) is 14.3. The third-order valence-electron chi connectivity index (χ3n) is 8.39. The van der Waals surface area contributed by atoms with E-state index in [0.717, 1.165) is 24.2 Å². The maximum atomic E-state index is 13.2. The summed E-state index contributed by atoms with van der Waals surface area (Å²) < 4.78 is 0. The molecular weight excluding hydrogens is 436 g/mol. The molecule has 4 heteroatoms. The summed E-state index contributed by atoms with van der Waals surface area (Å²) in [6.45, 7) is 13.4. The van der Waals surface area contributed by atoms with Crippen molar-refractivity contribution in [2.75, 3.05) is 0 Å². The van der Waals surface area contributed by atoms with E-state index in [1.165, 1.54) is 56.9 Å². The van der Waals surface area contributed by atoms with Crippen LogP contribution in [-0.4, -0.2) is 16.5 Å². The highest BCUT2D eigenvalue weighted by Crippen LogP contribution is 2.56. The molecule has 2 aliphatic rings. The molecule has 0 bridgehead atoms. The molecule has 1 aliphatic carbocycles. The van der Waals surface area contributed by atoms with Gasteiger partial charge >= 0.3 is 0 Å². The highest BCUT2D eigenvalue weighted by atomic mass is 17.3. The van der Waals surface area contributed by atoms with Gasteiger partial charge in [0.25, 0.3) is 5.79 Å². The lowest BCUT2D eigenvalue weighted by Crippen LogP contribution is -2.70. The minimum Gasteiger partial charge on any atom is -0.357 e. The van der Waals surface area contributed by atoms with Crippen molar-refractivity contribution < 1.29 is 19.7 Å². The topological polar surface area (TPSA) is 55.8 Å². The maximum Gasteiger partial charge on any atom is 0.259 e. The van der Waals surface area contributed by atoms with Crippen molar-refractivity contribution in [1.29, 1.82) is 0 Å². The molecule has 196 valence electrons. The van der Waals surface area contributed by atoms with Crippen LogP contribution in [0, 0.1) is 23.7 Å². The fourth-order valence-corrected chi connectivity index (χ4v) is 5.75. The van der Waals surface area contributed by atoms with Crippen molar-refractivity contribution in [1.82, 2.24) is 0 Å². The summed E-state index contributed by atoms with van der Waals surface area (Å²) in [4.78, 5) is 23.8. The molecule has 1 aromatic carbocycles. The molecule has 5 atom stereocenters. The minimum absolute atomic E-state index is 0.0205. The summed E-state index contributed by atoms with van der Waals surface area (Å²) in [7, 11) is 0. The van der Waals surface area contributed by atoms with Crippen molar-refractivity contribution >= 4 is 5.78 Å². The van der Waals surface area contributed by atoms with Crippen LogP contribution >= 0.6 is 0 Å². The SMILES string of the molecule is C/C(=C\CC1C(=O)c2ccccc2[C@]2(O)OO[C@]12C)CCCC(C)CCCC(C)CCCC(C)C. The summed E-state index contributed by atoms with van der Waals surface area (Å²) in [6, 6.07) is 7.16. The summed E-state index contributed by atoms with van der Waals surface area (Å²) >= 11 is 0. The molecule has 0 saturated carbocycles. The van der Waals surface area contributed by atoms with Gasteiger partial charge in [0.15, 0.2) is 11.4 Å². The molecule has 0 radical (unpaired) electrons. The number of hydrogen-bond donors (Lipinski definition) is 1. The van der Waals surface area contributed by atoms with E-state index in [1.54, 1.807) is 19.1 Å². The molecule has 1 N–H and O–H groups in total. The van der Waals surface area contributed by atoms with Crippen LogP contribution in [0.25, 0.3) is 0 Å². The van der Waals surface area contributed by atoms with Gasteiger partial charge < -0.3 is 5.11 Å². The van der Waals surface area contributed by atoms with E-state index in [-0.39, 0.29) is 5.78 Å². The van der Waals surface area contributed by atoms with Crippen molar-refractivity contribution in [3.8, 4) is 0 Å². The number of allylic oxidation sites excluding steroid dienone is 2. The molecule has 3 rings (SSSR count). The van der Waals surface area contributed by atoms with Crippen LogP contribution < -0.4 is 0 Å². The predicted octanol–water partition coefficient (Wildman–Crippen LogP) is 8.14. The second-order valence-electron chi connectivity index (χ2n) is 12.0. The van der Waals surface area contributed by atoms with E-state index in [1.807, 2.05) is 12.1 Å². The average molecular weight is 485 g/mol. The first-order valence-corrected chi connectivity index (χ1v) is 14.0. The van der Waals surface area contributed by atoms with Crippen molar-refractivity contribution in [2.45, 2.75) is 117 Å². The summed E-state index contributed by atoms with van der Waals surface area (Å²) in [5, 5.41) is 11.1. The molecule has 4 nitrogen and oxygen atoms in total. The van der Waals surface area contributed by atoms with E-state index >= 15 is 0 Å². The monoisotopic (exact) mass is 484 g/mol. The fourth-order valence-electron chi connectivity index (χ4n) is 5.75. The van der Waals surface area contributed by atoms with Crippen molar-refractivity contribution in [3.63, 3.8) is 0 Å². The third kappa shape index (κ3) is 6.45. The second-order valence-corrected chi connectivity index (χ2v) is 12.0. The zero-order valence-corrected chi connectivity index (χ0v) is 22.9. The molecule has 1 heterocycles. The van der Waals surface area contributed by atoms with Crippen LogP contribution in [0.1, 0.15) is 122 Å². The van der Waals surface area contributed by atoms with Gasteiger partial charge in [-0.1, -0.05) is 109 Å². The summed E-state index contributed by atoms with van der Waals surface area (Å²) in [5.41, 5.74) is 1.29. The Morgan fingerprint density at radius 1 is 0.971 bits per heavy atom. The molecule has 0 aromatic heterocycles. The predicted molar refractivity (Wildman–Crippen MR) is 142 cm³/mol. The van der Waals surface area contributed by atoms with Crippen molar-refractivity contribution in [3.05, 3.63) is 47.0 Å². The van der Waals surface area contributed by atoms with E-state index in [0.29, 0.717) is 17.5 Å². The van der Waals surface area contributed by atoms with E-state index in [4.69, 9.17) is 9.78 Å². The Balaban J connectivity index is 1.41. The molecular formula is C31H48O4. The van der Waals surface area contributed by atoms with Crippen LogP contribution in [0.4, 0.5) is 0 Å². The number of aliphatic hydroxyl groups is 1. The van der Waals surface area contributed by atoms with Crippen LogP contribution in [0.5, 0.6) is 0 Å². The number of carbonyl (C=O) groups is 1. The summed E-state index contributed by atoms with van der Waals surface area (Å²) in [5.74, 6) is 0.429. The third-order valence-corrected chi connectivity index (χ3v) is 8.39. The van der Waals surface area contributed by atoms with Gasteiger partial charge in [-0.3, -0.25) is 4.79 Å². The lowest BCUT2D eigenvalue weighted by atomic mass is 9.66. The first-order chi connectivity index (χ1) is 16.6. The van der Waals surface area contributed by atoms with Gasteiger partial charge in [-0.15, -0.1) is 0 Å². The van der Waals surface area contributed by atoms with E-state index in [9.17, 15) is 9.90 Å². The number of hydrogen-bond acceptors (Lipinski definition) is 4. The van der Waals surface area contributed by atoms with Gasteiger partial charge in [0.1, 0.15) is 0 Å². The van der Waals surface area contributed by atoms with Gasteiger partial charge in [-0.2, -0.15) is 4.89 Å². The van der Waals surface area contributed by atoms with Crippen LogP contribution in [0.2, 0.25) is 0 Å². The van der Waals surface area contributed by atoms with Crippen LogP contribution in [-0.2, 0) is 15.6 Å². The number of rotatable bonds is 14. The number of fused-ring (bicyclic) bond motifs is 3. The zero-order valence-electron chi connectivity index (χ0n) is 22.9. The highest BCUT2D eigenvalue weighted by Gasteiger charge is 2.70. The quantitative estimate of drug-likeness (QED) is 0.214. The molecule has 1 aliphatic heterocycles. The Morgan fingerprint density at radius 2 is 1.57 bits per heavy atom. The molecule has 1 fully saturated rings. The van der Waals surface area contributed by atoms with Crippen LogP contribution in [0.3, 0.4) is 0 Å². The number of benzene rings is 1. The molecule has 0 spiro atoms. The standard InChI is InChI=1S/C31H48O4/c1-22(2)12-9-13-23(3)14-10-15-24(4)16-11-17-25(5)20-21-28-29(32)26-18-7-8-19-27(26)31(33)30(28,6)34-35-31/h7-8,18-20,22-24,28,33H,9-17,21H2,1-6H3/b25-20+/t23?,24?,28?,30-,31+/m1/s1. The van der Waals surface area contributed by atoms with Gasteiger partial charge in [0, 0.05) is 11.1 Å². The lowest BCUT2D eigenvalue weighted by molar-refractivity contribution is -0.619. The smallest absolute Gasteiger partial charge is 0.259 e. The first kappa shape index (κ1) is 28.1. The van der Waals surface area contributed by atoms with Gasteiger partial charge in [0.2, 0.25) is 0 Å². The largest absolute Gasteiger partial charge is 0.357 e. The van der Waals surface area contributed by atoms with Gasteiger partial charge in [-0.05, 0) is 50.9 Å². The zero-order chi connectivity index (χ0) is 25.6. The number of carbonyl (C=O) groups excluding carboxylic acids is 1. The molecule has 35 heavy (non-hydrogen) atoms. The van der Waals surface area contributed by atoms with E-state index < -0.39 is 17.3 Å². The molecule has 0 amide bonds.